The van der Waals surface area contributed by atoms with Crippen LogP contribution in [0.15, 0.2) is 47.3 Å². The summed E-state index contributed by atoms with van der Waals surface area (Å²) in [5.41, 5.74) is 3.44. The number of nitrogens with zero attached hydrogens (tertiary/aromatic N) is 2. The molecular weight excluding hydrogens is 306 g/mol. The van der Waals surface area contributed by atoms with Gasteiger partial charge in [0.05, 0.1) is 17.6 Å². The van der Waals surface area contributed by atoms with E-state index < -0.39 is 0 Å². The molecule has 1 N–H and O–H groups in total. The number of rotatable bonds is 4. The summed E-state index contributed by atoms with van der Waals surface area (Å²) in [7, 11) is 0. The van der Waals surface area contributed by atoms with Gasteiger partial charge in [-0.3, -0.25) is 4.79 Å². The molecule has 1 amide bonds. The SMILES string of the molecule is Cc1ccc(Oc2ccc(NC(=O)c3ocnc3C)cn2)cc1C. The summed E-state index contributed by atoms with van der Waals surface area (Å²) in [5, 5.41) is 2.70. The fourth-order valence-corrected chi connectivity index (χ4v) is 2.12. The first-order chi connectivity index (χ1) is 11.5. The molecule has 2 heterocycles. The summed E-state index contributed by atoms with van der Waals surface area (Å²) in [6, 6.07) is 9.26. The van der Waals surface area contributed by atoms with Crippen LogP contribution in [0.3, 0.4) is 0 Å². The molecule has 0 aliphatic rings. The minimum absolute atomic E-state index is 0.186. The van der Waals surface area contributed by atoms with Gasteiger partial charge >= 0.3 is 0 Å². The molecule has 3 aromatic rings. The van der Waals surface area contributed by atoms with E-state index in [4.69, 9.17) is 9.15 Å². The van der Waals surface area contributed by atoms with Crippen LogP contribution >= 0.6 is 0 Å². The second-order valence-corrected chi connectivity index (χ2v) is 5.45. The summed E-state index contributed by atoms with van der Waals surface area (Å²) in [4.78, 5) is 20.1. The molecule has 0 spiro atoms. The van der Waals surface area contributed by atoms with Crippen molar-refractivity contribution in [3.63, 3.8) is 0 Å². The zero-order valence-electron chi connectivity index (χ0n) is 13.7. The first kappa shape index (κ1) is 15.7. The fraction of sp³-hybridized carbons (Fsp3) is 0.167. The highest BCUT2D eigenvalue weighted by atomic mass is 16.5. The Labute approximate surface area is 139 Å². The van der Waals surface area contributed by atoms with Crippen molar-refractivity contribution in [2.24, 2.45) is 0 Å². The number of amides is 1. The zero-order chi connectivity index (χ0) is 17.1. The van der Waals surface area contributed by atoms with E-state index in [9.17, 15) is 4.79 Å². The minimum atomic E-state index is -0.366. The van der Waals surface area contributed by atoms with Gasteiger partial charge in [0.1, 0.15) is 5.75 Å². The highest BCUT2D eigenvalue weighted by molar-refractivity contribution is 6.02. The van der Waals surface area contributed by atoms with Gasteiger partial charge in [0, 0.05) is 6.07 Å². The van der Waals surface area contributed by atoms with E-state index in [0.717, 1.165) is 11.3 Å². The van der Waals surface area contributed by atoms with Crippen LogP contribution in [0, 0.1) is 20.8 Å². The molecule has 1 aromatic carbocycles. The van der Waals surface area contributed by atoms with Crippen molar-refractivity contribution in [1.29, 1.82) is 0 Å². The van der Waals surface area contributed by atoms with Gasteiger partial charge in [-0.05, 0) is 50.1 Å². The fourth-order valence-electron chi connectivity index (χ4n) is 2.12. The van der Waals surface area contributed by atoms with Gasteiger partial charge in [0.15, 0.2) is 6.39 Å². The summed E-state index contributed by atoms with van der Waals surface area (Å²) in [6.07, 6.45) is 2.77. The lowest BCUT2D eigenvalue weighted by Gasteiger charge is -2.08. The summed E-state index contributed by atoms with van der Waals surface area (Å²) in [6.45, 7) is 5.78. The molecule has 3 rings (SSSR count). The van der Waals surface area contributed by atoms with Crippen molar-refractivity contribution in [2.75, 3.05) is 5.32 Å². The van der Waals surface area contributed by atoms with Crippen LogP contribution in [0.25, 0.3) is 0 Å². The van der Waals surface area contributed by atoms with Crippen molar-refractivity contribution < 1.29 is 13.9 Å². The van der Waals surface area contributed by atoms with Gasteiger partial charge in [-0.1, -0.05) is 6.07 Å². The van der Waals surface area contributed by atoms with Crippen molar-refractivity contribution in [3.8, 4) is 11.6 Å². The molecule has 0 saturated carbocycles. The maximum atomic E-state index is 12.0. The molecule has 0 aliphatic heterocycles. The van der Waals surface area contributed by atoms with Crippen LogP contribution in [-0.2, 0) is 0 Å². The minimum Gasteiger partial charge on any atom is -0.439 e. The predicted molar refractivity (Wildman–Crippen MR) is 89.4 cm³/mol. The predicted octanol–water partition coefficient (Wildman–Crippen LogP) is 4.04. The van der Waals surface area contributed by atoms with E-state index >= 15 is 0 Å². The molecule has 0 aliphatic carbocycles. The number of pyridine rings is 1. The van der Waals surface area contributed by atoms with Gasteiger partial charge in [0.2, 0.25) is 11.6 Å². The number of carbonyl (C=O) groups is 1. The molecule has 0 saturated heterocycles. The Hall–Kier alpha value is -3.15. The zero-order valence-corrected chi connectivity index (χ0v) is 13.7. The average molecular weight is 323 g/mol. The lowest BCUT2D eigenvalue weighted by atomic mass is 10.1. The molecule has 122 valence electrons. The highest BCUT2D eigenvalue weighted by Gasteiger charge is 2.14. The maximum Gasteiger partial charge on any atom is 0.293 e. The number of anilines is 1. The number of aryl methyl sites for hydroxylation is 3. The van der Waals surface area contributed by atoms with Crippen LogP contribution in [0.5, 0.6) is 11.6 Å². The molecule has 6 nitrogen and oxygen atoms in total. The molecule has 0 fully saturated rings. The lowest BCUT2D eigenvalue weighted by molar-refractivity contribution is 0.0996. The van der Waals surface area contributed by atoms with E-state index in [2.05, 4.69) is 15.3 Å². The summed E-state index contributed by atoms with van der Waals surface area (Å²) in [5.74, 6) is 0.992. The Morgan fingerprint density at radius 3 is 2.54 bits per heavy atom. The normalized spacial score (nSPS) is 10.5. The third-order valence-corrected chi connectivity index (χ3v) is 3.65. The Kier molecular flexibility index (Phi) is 4.29. The van der Waals surface area contributed by atoms with Gasteiger partial charge in [0.25, 0.3) is 5.91 Å². The number of benzene rings is 1. The van der Waals surface area contributed by atoms with Crippen LogP contribution in [0.1, 0.15) is 27.4 Å². The van der Waals surface area contributed by atoms with Gasteiger partial charge in [-0.25, -0.2) is 9.97 Å². The third-order valence-electron chi connectivity index (χ3n) is 3.65. The molecule has 0 radical (unpaired) electrons. The number of nitrogens with one attached hydrogen (secondary N) is 1. The van der Waals surface area contributed by atoms with Crippen molar-refractivity contribution >= 4 is 11.6 Å². The maximum absolute atomic E-state index is 12.0. The topological polar surface area (TPSA) is 77.2 Å². The molecule has 0 unspecified atom stereocenters. The summed E-state index contributed by atoms with van der Waals surface area (Å²) >= 11 is 0. The number of aromatic nitrogens is 2. The van der Waals surface area contributed by atoms with E-state index in [1.54, 1.807) is 19.1 Å². The van der Waals surface area contributed by atoms with Gasteiger partial charge in [-0.15, -0.1) is 0 Å². The molecule has 6 heteroatoms. The largest absolute Gasteiger partial charge is 0.439 e. The van der Waals surface area contributed by atoms with Crippen LogP contribution in [0.2, 0.25) is 0 Å². The Bertz CT molecular complexity index is 869. The number of hydrogen-bond acceptors (Lipinski definition) is 5. The smallest absolute Gasteiger partial charge is 0.293 e. The standard InChI is InChI=1S/C18H17N3O3/c1-11-4-6-15(8-12(11)2)24-16-7-5-14(9-19-16)21-18(22)17-13(3)20-10-23-17/h4-10H,1-3H3,(H,21,22). The van der Waals surface area contributed by atoms with E-state index in [1.807, 2.05) is 32.0 Å². The quantitative estimate of drug-likeness (QED) is 0.784. The number of hydrogen-bond donors (Lipinski definition) is 1. The van der Waals surface area contributed by atoms with E-state index in [-0.39, 0.29) is 11.7 Å². The summed E-state index contributed by atoms with van der Waals surface area (Å²) < 4.78 is 10.8. The van der Waals surface area contributed by atoms with Crippen molar-refractivity contribution in [1.82, 2.24) is 9.97 Å². The van der Waals surface area contributed by atoms with E-state index in [0.29, 0.717) is 17.3 Å². The van der Waals surface area contributed by atoms with E-state index in [1.165, 1.54) is 18.2 Å². The average Bonchev–Trinajstić information content (AvgIpc) is 2.99. The number of carbonyl (C=O) groups excluding carboxylic acids is 1. The molecule has 0 bridgehead atoms. The molecule has 0 atom stereocenters. The second kappa shape index (κ2) is 6.54. The Morgan fingerprint density at radius 1 is 1.08 bits per heavy atom. The van der Waals surface area contributed by atoms with Crippen LogP contribution < -0.4 is 10.1 Å². The number of ether oxygens (including phenoxy) is 1. The monoisotopic (exact) mass is 323 g/mol. The van der Waals surface area contributed by atoms with Gasteiger partial charge in [-0.2, -0.15) is 0 Å². The lowest BCUT2D eigenvalue weighted by Crippen LogP contribution is -2.12. The third kappa shape index (κ3) is 3.43. The highest BCUT2D eigenvalue weighted by Crippen LogP contribution is 2.23. The van der Waals surface area contributed by atoms with Crippen molar-refractivity contribution in [3.05, 3.63) is 65.5 Å². The first-order valence-electron chi connectivity index (χ1n) is 7.45. The molecular formula is C18H17N3O3. The Balaban J connectivity index is 1.68. The van der Waals surface area contributed by atoms with Crippen LogP contribution in [0.4, 0.5) is 5.69 Å². The molecule has 2 aromatic heterocycles. The first-order valence-corrected chi connectivity index (χ1v) is 7.45. The molecule has 24 heavy (non-hydrogen) atoms. The Morgan fingerprint density at radius 2 is 1.92 bits per heavy atom. The van der Waals surface area contributed by atoms with Gasteiger partial charge < -0.3 is 14.5 Å². The van der Waals surface area contributed by atoms with Crippen LogP contribution in [-0.4, -0.2) is 15.9 Å². The van der Waals surface area contributed by atoms with Crippen molar-refractivity contribution in [2.45, 2.75) is 20.8 Å². The number of oxazole rings is 1. The second-order valence-electron chi connectivity index (χ2n) is 5.45.